The van der Waals surface area contributed by atoms with Gasteiger partial charge in [0, 0.05) is 56.1 Å². The summed E-state index contributed by atoms with van der Waals surface area (Å²) in [5, 5.41) is 3.93. The number of fused-ring (bicyclic) bond motifs is 2. The highest BCUT2D eigenvalue weighted by molar-refractivity contribution is 5.95. The standard InChI is InChI=1S/C32H38F3N5O3/c1-43-22-30(42)39-17-8-4-2-3-7-16-38(20-25-18-23(13-14-27(25)39)24-10-9-15-36-19-24)29(41)21-40-28-12-6-5-11-26(28)31(37-40)32(33,34)35/h9-10,13-15,18-19H,2-8,11-12,16-17,20-22H2,1H3. The van der Waals surface area contributed by atoms with Crippen LogP contribution in [-0.2, 0) is 46.4 Å². The quantitative estimate of drug-likeness (QED) is 0.371. The SMILES string of the molecule is COCC(=O)N1CCCCCCCN(C(=O)Cn2nc(C(F)(F)F)c3c2CCCC3)Cc2cc(-c3cccnc3)ccc21. The lowest BCUT2D eigenvalue weighted by molar-refractivity contribution is -0.142. The van der Waals surface area contributed by atoms with Gasteiger partial charge in [0.2, 0.25) is 5.91 Å². The van der Waals surface area contributed by atoms with Crippen LogP contribution in [0.3, 0.4) is 0 Å². The number of methoxy groups -OCH3 is 1. The first-order chi connectivity index (χ1) is 20.8. The Labute approximate surface area is 249 Å². The lowest BCUT2D eigenvalue weighted by atomic mass is 9.95. The maximum absolute atomic E-state index is 13.9. The molecule has 0 radical (unpaired) electrons. The molecule has 2 aliphatic rings. The minimum absolute atomic E-state index is 0.0710. The van der Waals surface area contributed by atoms with Crippen LogP contribution in [-0.4, -0.2) is 58.3 Å². The number of rotatable bonds is 5. The van der Waals surface area contributed by atoms with Gasteiger partial charge in [-0.05, 0) is 73.4 Å². The predicted octanol–water partition coefficient (Wildman–Crippen LogP) is 5.82. The number of pyridine rings is 1. The molecule has 230 valence electrons. The molecular weight excluding hydrogens is 559 g/mol. The summed E-state index contributed by atoms with van der Waals surface area (Å²) < 4.78 is 47.9. The minimum atomic E-state index is -4.57. The molecule has 0 saturated carbocycles. The Bertz CT molecular complexity index is 1420. The lowest BCUT2D eigenvalue weighted by Gasteiger charge is -2.30. The molecule has 5 rings (SSSR count). The lowest BCUT2D eigenvalue weighted by Crippen LogP contribution is -2.38. The van der Waals surface area contributed by atoms with E-state index in [1.807, 2.05) is 30.3 Å². The molecule has 0 bridgehead atoms. The average Bonchev–Trinajstić information content (AvgIpc) is 3.37. The zero-order valence-electron chi connectivity index (χ0n) is 24.5. The third-order valence-electron chi connectivity index (χ3n) is 8.27. The normalized spacial score (nSPS) is 16.6. The van der Waals surface area contributed by atoms with Crippen LogP contribution in [0.1, 0.15) is 67.5 Å². The largest absolute Gasteiger partial charge is 0.435 e. The smallest absolute Gasteiger partial charge is 0.375 e. The van der Waals surface area contributed by atoms with Gasteiger partial charge in [-0.25, -0.2) is 0 Å². The van der Waals surface area contributed by atoms with Crippen molar-refractivity contribution in [2.45, 2.75) is 77.1 Å². The number of hydrogen-bond donors (Lipinski definition) is 0. The first-order valence-electron chi connectivity index (χ1n) is 15.0. The first kappa shape index (κ1) is 30.7. The van der Waals surface area contributed by atoms with E-state index in [9.17, 15) is 22.8 Å². The van der Waals surface area contributed by atoms with Crippen LogP contribution in [0.5, 0.6) is 0 Å². The van der Waals surface area contributed by atoms with Gasteiger partial charge in [-0.15, -0.1) is 0 Å². The van der Waals surface area contributed by atoms with Crippen molar-refractivity contribution in [3.8, 4) is 11.1 Å². The number of amides is 2. The number of carbonyl (C=O) groups is 2. The Balaban J connectivity index is 1.51. The van der Waals surface area contributed by atoms with E-state index in [0.29, 0.717) is 43.7 Å². The van der Waals surface area contributed by atoms with Gasteiger partial charge in [-0.1, -0.05) is 31.4 Å². The molecule has 1 aliphatic heterocycles. The summed E-state index contributed by atoms with van der Waals surface area (Å²) in [5.41, 5.74) is 3.12. The van der Waals surface area contributed by atoms with Crippen LogP contribution in [0.25, 0.3) is 11.1 Å². The number of aromatic nitrogens is 3. The highest BCUT2D eigenvalue weighted by Crippen LogP contribution is 2.36. The van der Waals surface area contributed by atoms with Crippen LogP contribution >= 0.6 is 0 Å². The predicted molar refractivity (Wildman–Crippen MR) is 156 cm³/mol. The molecule has 43 heavy (non-hydrogen) atoms. The molecule has 0 N–H and O–H groups in total. The Morgan fingerprint density at radius 1 is 0.930 bits per heavy atom. The van der Waals surface area contributed by atoms with E-state index in [1.54, 1.807) is 22.2 Å². The average molecular weight is 598 g/mol. The summed E-state index contributed by atoms with van der Waals surface area (Å²) in [6.45, 7) is 0.849. The molecule has 11 heteroatoms. The summed E-state index contributed by atoms with van der Waals surface area (Å²) in [6, 6.07) is 9.61. The number of halogens is 3. The highest BCUT2D eigenvalue weighted by atomic mass is 19.4. The molecule has 3 aromatic rings. The van der Waals surface area contributed by atoms with E-state index >= 15 is 0 Å². The van der Waals surface area contributed by atoms with Crippen LogP contribution in [0.15, 0.2) is 42.7 Å². The summed E-state index contributed by atoms with van der Waals surface area (Å²) in [7, 11) is 1.49. The number of hydrogen-bond acceptors (Lipinski definition) is 5. The van der Waals surface area contributed by atoms with E-state index in [4.69, 9.17) is 4.74 Å². The van der Waals surface area contributed by atoms with E-state index in [-0.39, 0.29) is 37.1 Å². The van der Waals surface area contributed by atoms with Crippen LogP contribution in [0, 0.1) is 0 Å². The topological polar surface area (TPSA) is 80.6 Å². The molecule has 8 nitrogen and oxygen atoms in total. The molecule has 0 saturated heterocycles. The first-order valence-corrected chi connectivity index (χ1v) is 15.0. The number of benzene rings is 1. The van der Waals surface area contributed by atoms with Gasteiger partial charge in [-0.3, -0.25) is 19.3 Å². The van der Waals surface area contributed by atoms with Gasteiger partial charge in [0.25, 0.3) is 5.91 Å². The Kier molecular flexibility index (Phi) is 9.79. The number of anilines is 1. The van der Waals surface area contributed by atoms with Crippen molar-refractivity contribution in [2.24, 2.45) is 0 Å². The van der Waals surface area contributed by atoms with Gasteiger partial charge in [0.15, 0.2) is 5.69 Å². The van der Waals surface area contributed by atoms with Crippen molar-refractivity contribution in [3.05, 3.63) is 65.2 Å². The van der Waals surface area contributed by atoms with Crippen molar-refractivity contribution < 1.29 is 27.5 Å². The molecule has 0 spiro atoms. The zero-order chi connectivity index (χ0) is 30.4. The monoisotopic (exact) mass is 597 g/mol. The molecule has 2 aromatic heterocycles. The third-order valence-corrected chi connectivity index (χ3v) is 8.27. The molecule has 3 heterocycles. The van der Waals surface area contributed by atoms with Crippen molar-refractivity contribution in [2.75, 3.05) is 31.7 Å². The fourth-order valence-electron chi connectivity index (χ4n) is 6.13. The molecule has 2 amide bonds. The summed E-state index contributed by atoms with van der Waals surface area (Å²) in [4.78, 5) is 34.8. The Morgan fingerprint density at radius 2 is 1.70 bits per heavy atom. The second kappa shape index (κ2) is 13.7. The summed E-state index contributed by atoms with van der Waals surface area (Å²) in [6.07, 6.45) is 5.55. The number of ether oxygens (including phenoxy) is 1. The maximum atomic E-state index is 13.9. The highest BCUT2D eigenvalue weighted by Gasteiger charge is 2.40. The van der Waals surface area contributed by atoms with Gasteiger partial charge in [0.1, 0.15) is 13.2 Å². The van der Waals surface area contributed by atoms with Crippen LogP contribution < -0.4 is 4.90 Å². The van der Waals surface area contributed by atoms with Gasteiger partial charge >= 0.3 is 6.18 Å². The third kappa shape index (κ3) is 7.26. The number of carbonyl (C=O) groups excluding carboxylic acids is 2. The molecule has 0 unspecified atom stereocenters. The second-order valence-corrected chi connectivity index (χ2v) is 11.3. The molecule has 1 aliphatic carbocycles. The summed E-state index contributed by atoms with van der Waals surface area (Å²) in [5.74, 6) is -0.468. The molecule has 0 atom stereocenters. The van der Waals surface area contributed by atoms with E-state index < -0.39 is 11.9 Å². The zero-order valence-corrected chi connectivity index (χ0v) is 24.5. The fourth-order valence-corrected chi connectivity index (χ4v) is 6.13. The van der Waals surface area contributed by atoms with Crippen molar-refractivity contribution in [3.63, 3.8) is 0 Å². The number of nitrogens with zero attached hydrogens (tertiary/aromatic N) is 5. The van der Waals surface area contributed by atoms with Crippen LogP contribution in [0.4, 0.5) is 18.9 Å². The molecular formula is C32H38F3N5O3. The van der Waals surface area contributed by atoms with Crippen LogP contribution in [0.2, 0.25) is 0 Å². The Morgan fingerprint density at radius 3 is 2.44 bits per heavy atom. The van der Waals surface area contributed by atoms with Gasteiger partial charge < -0.3 is 14.5 Å². The fraction of sp³-hybridized carbons (Fsp3) is 0.500. The number of alkyl halides is 3. The van der Waals surface area contributed by atoms with Crippen molar-refractivity contribution in [1.29, 1.82) is 0 Å². The Hall–Kier alpha value is -3.73. The second-order valence-electron chi connectivity index (χ2n) is 11.3. The molecule has 1 aromatic carbocycles. The van der Waals surface area contributed by atoms with E-state index in [2.05, 4.69) is 10.1 Å². The van der Waals surface area contributed by atoms with Gasteiger partial charge in [0.05, 0.1) is 0 Å². The minimum Gasteiger partial charge on any atom is -0.375 e. The maximum Gasteiger partial charge on any atom is 0.435 e. The van der Waals surface area contributed by atoms with Crippen molar-refractivity contribution in [1.82, 2.24) is 19.7 Å². The van der Waals surface area contributed by atoms with Gasteiger partial charge in [-0.2, -0.15) is 18.3 Å². The summed E-state index contributed by atoms with van der Waals surface area (Å²) >= 11 is 0. The molecule has 0 fully saturated rings. The van der Waals surface area contributed by atoms with E-state index in [0.717, 1.165) is 55.2 Å². The van der Waals surface area contributed by atoms with E-state index in [1.165, 1.54) is 11.8 Å². The van der Waals surface area contributed by atoms with Crippen molar-refractivity contribution >= 4 is 17.5 Å².